The molecule has 2 heterocycles. The Balaban J connectivity index is 1.63. The van der Waals surface area contributed by atoms with Crippen molar-refractivity contribution in [3.05, 3.63) is 11.6 Å². The first kappa shape index (κ1) is 26.3. The second-order valence-electron chi connectivity index (χ2n) is 11.6. The number of hydrogen-bond acceptors (Lipinski definition) is 11. The average molecular weight is 523 g/mol. The zero-order valence-corrected chi connectivity index (χ0v) is 21.5. The molecule has 0 amide bonds. The lowest BCUT2D eigenvalue weighted by molar-refractivity contribution is -0.298. The number of allylic oxidation sites excluding steroid dienone is 1. The van der Waals surface area contributed by atoms with Crippen LogP contribution in [0.3, 0.4) is 0 Å². The van der Waals surface area contributed by atoms with Crippen molar-refractivity contribution < 1.29 is 53.4 Å². The molecule has 2 saturated heterocycles. The summed E-state index contributed by atoms with van der Waals surface area (Å²) in [7, 11) is 0. The topological polar surface area (TPSA) is 166 Å². The number of ketones is 1. The van der Waals surface area contributed by atoms with Crippen LogP contribution in [-0.2, 0) is 38.1 Å². The Labute approximate surface area is 214 Å². The first-order valence-electron chi connectivity index (χ1n) is 12.7. The van der Waals surface area contributed by atoms with E-state index in [1.807, 2.05) is 0 Å². The maximum absolute atomic E-state index is 13.4. The van der Waals surface area contributed by atoms with Crippen molar-refractivity contribution in [2.45, 2.75) is 89.7 Å². The van der Waals surface area contributed by atoms with Gasteiger partial charge in [-0.15, -0.1) is 0 Å². The second-order valence-corrected chi connectivity index (χ2v) is 11.6. The number of fused-ring (bicyclic) bond motifs is 2. The monoisotopic (exact) mass is 522 g/mol. The highest BCUT2D eigenvalue weighted by Crippen LogP contribution is 2.72. The van der Waals surface area contributed by atoms with Gasteiger partial charge in [0.05, 0.1) is 18.6 Å². The van der Waals surface area contributed by atoms with Gasteiger partial charge in [-0.1, -0.05) is 19.4 Å². The summed E-state index contributed by atoms with van der Waals surface area (Å²) in [6, 6.07) is 0. The lowest BCUT2D eigenvalue weighted by atomic mass is 9.38. The van der Waals surface area contributed by atoms with Crippen LogP contribution in [-0.4, -0.2) is 87.8 Å². The Kier molecular flexibility index (Phi) is 5.91. The number of hydrogen-bond donors (Lipinski definition) is 3. The maximum Gasteiger partial charge on any atom is 0.348 e. The minimum atomic E-state index is -1.53. The summed E-state index contributed by atoms with van der Waals surface area (Å²) >= 11 is 0. The number of rotatable bonds is 4. The van der Waals surface area contributed by atoms with Crippen LogP contribution in [0, 0.1) is 28.6 Å². The van der Waals surface area contributed by atoms with E-state index in [1.165, 1.54) is 6.08 Å². The molecule has 1 spiro atoms. The molecule has 0 aromatic rings. The summed E-state index contributed by atoms with van der Waals surface area (Å²) in [5, 5.41) is 34.2. The van der Waals surface area contributed by atoms with Crippen molar-refractivity contribution in [3.8, 4) is 0 Å². The van der Waals surface area contributed by atoms with Gasteiger partial charge in [0.15, 0.2) is 11.9 Å². The molecular formula is C26H34O11. The lowest BCUT2D eigenvalue weighted by Gasteiger charge is -2.68. The average Bonchev–Trinajstić information content (AvgIpc) is 3.10. The number of carbonyl (C=O) groups excluding carboxylic acids is 4. The third-order valence-corrected chi connectivity index (χ3v) is 9.89. The van der Waals surface area contributed by atoms with Gasteiger partial charge in [-0.05, 0) is 38.7 Å². The summed E-state index contributed by atoms with van der Waals surface area (Å²) in [6.07, 6.45) is -6.24. The molecule has 1 unspecified atom stereocenters. The normalized spacial score (nSPS) is 48.7. The molecule has 11 heteroatoms. The predicted molar refractivity (Wildman–Crippen MR) is 122 cm³/mol. The third-order valence-electron chi connectivity index (χ3n) is 9.89. The Morgan fingerprint density at radius 3 is 2.49 bits per heavy atom. The molecule has 12 atom stereocenters. The van der Waals surface area contributed by atoms with Crippen LogP contribution in [0.25, 0.3) is 0 Å². The molecule has 204 valence electrons. The second kappa shape index (κ2) is 8.33. The Hall–Kier alpha value is -2.34. The maximum atomic E-state index is 13.4. The zero-order chi connectivity index (χ0) is 27.2. The van der Waals surface area contributed by atoms with Gasteiger partial charge in [-0.25, -0.2) is 9.59 Å². The minimum Gasteiger partial charge on any atom is -0.459 e. The van der Waals surface area contributed by atoms with Gasteiger partial charge in [-0.3, -0.25) is 9.59 Å². The van der Waals surface area contributed by atoms with E-state index < -0.39 is 94.5 Å². The largest absolute Gasteiger partial charge is 0.459 e. The number of aliphatic hydroxyl groups is 3. The van der Waals surface area contributed by atoms with E-state index in [0.717, 1.165) is 6.92 Å². The molecule has 11 nitrogen and oxygen atoms in total. The van der Waals surface area contributed by atoms with Gasteiger partial charge in [0.1, 0.15) is 23.9 Å². The van der Waals surface area contributed by atoms with Gasteiger partial charge in [0.2, 0.25) is 6.10 Å². The fourth-order valence-electron chi connectivity index (χ4n) is 8.38. The van der Waals surface area contributed by atoms with E-state index in [-0.39, 0.29) is 19.4 Å². The summed E-state index contributed by atoms with van der Waals surface area (Å²) in [6.45, 7) is 7.75. The molecule has 0 aromatic carbocycles. The van der Waals surface area contributed by atoms with Crippen LogP contribution in [0.1, 0.15) is 47.5 Å². The van der Waals surface area contributed by atoms with Gasteiger partial charge in [-0.2, -0.15) is 0 Å². The van der Waals surface area contributed by atoms with Crippen molar-refractivity contribution in [1.29, 1.82) is 0 Å². The SMILES string of the molecule is CCC(OC(C)=O)C(=O)O[C@H]1C(=O)O[C@@H]2C[C@H]3C(C)=CC(=O)[C@@H](O)[C@]3(C)[C@H]3[C@@H](O)[C@H](O)[C@@]4(C)OC[C@]32[C@@H]14. The quantitative estimate of drug-likeness (QED) is 0.331. The van der Waals surface area contributed by atoms with E-state index in [4.69, 9.17) is 18.9 Å². The summed E-state index contributed by atoms with van der Waals surface area (Å²) in [4.78, 5) is 50.7. The van der Waals surface area contributed by atoms with Crippen LogP contribution in [0.4, 0.5) is 0 Å². The molecule has 0 aromatic heterocycles. The van der Waals surface area contributed by atoms with Crippen molar-refractivity contribution in [1.82, 2.24) is 0 Å². The van der Waals surface area contributed by atoms with Gasteiger partial charge < -0.3 is 34.3 Å². The molecule has 0 radical (unpaired) electrons. The van der Waals surface area contributed by atoms with Crippen molar-refractivity contribution in [2.24, 2.45) is 28.6 Å². The summed E-state index contributed by atoms with van der Waals surface area (Å²) < 4.78 is 22.7. The number of aliphatic hydroxyl groups excluding tert-OH is 3. The molecule has 5 aliphatic rings. The molecule has 3 aliphatic carbocycles. The van der Waals surface area contributed by atoms with E-state index in [1.54, 1.807) is 27.7 Å². The molecule has 4 fully saturated rings. The molecule has 3 N–H and O–H groups in total. The molecule has 5 rings (SSSR count). The van der Waals surface area contributed by atoms with Crippen molar-refractivity contribution in [2.75, 3.05) is 6.61 Å². The number of esters is 3. The van der Waals surface area contributed by atoms with Gasteiger partial charge in [0.25, 0.3) is 0 Å². The zero-order valence-electron chi connectivity index (χ0n) is 21.5. The Morgan fingerprint density at radius 2 is 1.86 bits per heavy atom. The predicted octanol–water partition coefficient (Wildman–Crippen LogP) is -0.175. The minimum absolute atomic E-state index is 0.0495. The first-order chi connectivity index (χ1) is 17.2. The highest BCUT2D eigenvalue weighted by Gasteiger charge is 2.82. The third kappa shape index (κ3) is 3.20. The van der Waals surface area contributed by atoms with E-state index >= 15 is 0 Å². The smallest absolute Gasteiger partial charge is 0.348 e. The molecule has 37 heavy (non-hydrogen) atoms. The number of ether oxygens (including phenoxy) is 4. The molecule has 2 saturated carbocycles. The highest BCUT2D eigenvalue weighted by molar-refractivity contribution is 5.96. The molecular weight excluding hydrogens is 488 g/mol. The van der Waals surface area contributed by atoms with E-state index in [0.29, 0.717) is 5.57 Å². The Morgan fingerprint density at radius 1 is 1.19 bits per heavy atom. The fourth-order valence-corrected chi connectivity index (χ4v) is 8.38. The fraction of sp³-hybridized carbons (Fsp3) is 0.769. The number of carbonyl (C=O) groups is 4. The Bertz CT molecular complexity index is 1080. The standard InChI is InChI=1S/C26H34O11/c1-6-14(35-11(3)27)22(32)37-17-19-25(5)21(31)16(29)18-24(4)12(10(2)7-13(28)20(24)30)8-15(36-23(17)33)26(18,19)9-34-25/h7,12,14-21,29-31H,6,8-9H2,1-5H3/t12-,14?,15+,16+,17+,18+,19-,20+,21-,24-,25-,26+/m0/s1. The summed E-state index contributed by atoms with van der Waals surface area (Å²) in [5.74, 6) is -5.28. The van der Waals surface area contributed by atoms with Crippen LogP contribution < -0.4 is 0 Å². The van der Waals surface area contributed by atoms with E-state index in [2.05, 4.69) is 0 Å². The molecule has 2 bridgehead atoms. The van der Waals surface area contributed by atoms with Crippen LogP contribution in [0.5, 0.6) is 0 Å². The van der Waals surface area contributed by atoms with Crippen LogP contribution >= 0.6 is 0 Å². The first-order valence-corrected chi connectivity index (χ1v) is 12.7. The van der Waals surface area contributed by atoms with Gasteiger partial charge in [0, 0.05) is 23.7 Å². The van der Waals surface area contributed by atoms with Crippen molar-refractivity contribution in [3.63, 3.8) is 0 Å². The lowest BCUT2D eigenvalue weighted by Crippen LogP contribution is -2.78. The van der Waals surface area contributed by atoms with Crippen LogP contribution in [0.2, 0.25) is 0 Å². The van der Waals surface area contributed by atoms with Crippen LogP contribution in [0.15, 0.2) is 11.6 Å². The van der Waals surface area contributed by atoms with E-state index in [9.17, 15) is 34.5 Å². The molecule has 2 aliphatic heterocycles. The van der Waals surface area contributed by atoms with Crippen molar-refractivity contribution >= 4 is 23.7 Å². The summed E-state index contributed by atoms with van der Waals surface area (Å²) in [5.41, 5.74) is -3.20. The highest BCUT2D eigenvalue weighted by atomic mass is 16.6. The van der Waals surface area contributed by atoms with Gasteiger partial charge >= 0.3 is 17.9 Å².